The summed E-state index contributed by atoms with van der Waals surface area (Å²) in [5, 5.41) is 3.30. The van der Waals surface area contributed by atoms with E-state index in [0.717, 1.165) is 18.4 Å². The molecule has 0 bridgehead atoms. The van der Waals surface area contributed by atoms with Gasteiger partial charge in [0, 0.05) is 12.4 Å². The summed E-state index contributed by atoms with van der Waals surface area (Å²) in [5.74, 6) is -0.526. The van der Waals surface area contributed by atoms with Crippen LogP contribution in [0.3, 0.4) is 0 Å². The molecule has 1 N–H and O–H groups in total. The summed E-state index contributed by atoms with van der Waals surface area (Å²) in [7, 11) is 0. The van der Waals surface area contributed by atoms with Crippen LogP contribution in [0.5, 0.6) is 0 Å². The average Bonchev–Trinajstić information content (AvgIpc) is 3.31. The van der Waals surface area contributed by atoms with Crippen LogP contribution >= 0.6 is 11.6 Å². The number of ether oxygens (including phenoxy) is 1. The molecule has 0 aliphatic heterocycles. The quantitative estimate of drug-likeness (QED) is 0.847. The molecular weight excluding hydrogens is 321 g/mol. The molecule has 0 radical (unpaired) electrons. The molecule has 0 unspecified atom stereocenters. The standard InChI is InChI=1S/C16H15ClFN3O2/c1-2-23-14(22)10-8-19-15(20-9-10)21-16(5-6-16)11-3-4-12(17)13(18)7-11/h3-4,7-9H,2,5-6H2,1H3,(H,19,20,21). The third kappa shape index (κ3) is 3.27. The Balaban J connectivity index is 1.76. The third-order valence-corrected chi connectivity index (χ3v) is 4.04. The molecule has 1 fully saturated rings. The number of rotatable bonds is 5. The highest BCUT2D eigenvalue weighted by molar-refractivity contribution is 6.30. The maximum atomic E-state index is 13.6. The number of halogens is 2. The maximum absolute atomic E-state index is 13.6. The number of carbonyl (C=O) groups excluding carboxylic acids is 1. The average molecular weight is 336 g/mol. The number of aromatic nitrogens is 2. The summed E-state index contributed by atoms with van der Waals surface area (Å²) >= 11 is 5.72. The van der Waals surface area contributed by atoms with Crippen LogP contribution in [-0.4, -0.2) is 22.5 Å². The minimum atomic E-state index is -0.458. The second kappa shape index (κ2) is 6.12. The van der Waals surface area contributed by atoms with Gasteiger partial charge in [0.2, 0.25) is 5.95 Å². The number of benzene rings is 1. The van der Waals surface area contributed by atoms with E-state index < -0.39 is 11.8 Å². The zero-order valence-corrected chi connectivity index (χ0v) is 13.2. The topological polar surface area (TPSA) is 64.1 Å². The van der Waals surface area contributed by atoms with Crippen molar-refractivity contribution in [3.8, 4) is 0 Å². The van der Waals surface area contributed by atoms with Gasteiger partial charge in [0.05, 0.1) is 22.7 Å². The summed E-state index contributed by atoms with van der Waals surface area (Å²) in [6.45, 7) is 2.03. The summed E-state index contributed by atoms with van der Waals surface area (Å²) in [5.41, 5.74) is 0.717. The first kappa shape index (κ1) is 15.7. The van der Waals surface area contributed by atoms with E-state index in [1.54, 1.807) is 19.1 Å². The van der Waals surface area contributed by atoms with Gasteiger partial charge >= 0.3 is 5.97 Å². The molecule has 0 spiro atoms. The summed E-state index contributed by atoms with van der Waals surface area (Å²) < 4.78 is 18.5. The van der Waals surface area contributed by atoms with Gasteiger partial charge in [-0.25, -0.2) is 19.2 Å². The van der Waals surface area contributed by atoms with E-state index in [0.29, 0.717) is 18.1 Å². The van der Waals surface area contributed by atoms with Crippen LogP contribution in [0.15, 0.2) is 30.6 Å². The van der Waals surface area contributed by atoms with Crippen molar-refractivity contribution in [1.82, 2.24) is 9.97 Å². The normalized spacial score (nSPS) is 15.1. The molecule has 1 aliphatic carbocycles. The van der Waals surface area contributed by atoms with E-state index >= 15 is 0 Å². The van der Waals surface area contributed by atoms with Gasteiger partial charge in [-0.1, -0.05) is 17.7 Å². The molecule has 1 saturated carbocycles. The van der Waals surface area contributed by atoms with Gasteiger partial charge in [-0.05, 0) is 37.5 Å². The Morgan fingerprint density at radius 3 is 2.65 bits per heavy atom. The number of nitrogens with one attached hydrogen (secondary N) is 1. The minimum absolute atomic E-state index is 0.0968. The first-order valence-corrected chi connectivity index (χ1v) is 7.65. The number of carbonyl (C=O) groups is 1. The molecule has 1 aliphatic rings. The molecule has 2 aromatic rings. The Morgan fingerprint density at radius 2 is 2.09 bits per heavy atom. The lowest BCUT2D eigenvalue weighted by molar-refractivity contribution is 0.0525. The molecule has 23 heavy (non-hydrogen) atoms. The Labute approximate surface area is 137 Å². The van der Waals surface area contributed by atoms with Gasteiger partial charge in [0.1, 0.15) is 5.82 Å². The van der Waals surface area contributed by atoms with Crippen LogP contribution in [0.4, 0.5) is 10.3 Å². The Kier molecular flexibility index (Phi) is 4.17. The van der Waals surface area contributed by atoms with Crippen LogP contribution in [0.2, 0.25) is 5.02 Å². The number of hydrogen-bond donors (Lipinski definition) is 1. The van der Waals surface area contributed by atoms with Crippen LogP contribution in [0.1, 0.15) is 35.7 Å². The van der Waals surface area contributed by atoms with E-state index in [1.807, 2.05) is 0 Å². The fourth-order valence-corrected chi connectivity index (χ4v) is 2.45. The highest BCUT2D eigenvalue weighted by Gasteiger charge is 2.45. The predicted octanol–water partition coefficient (Wildman–Crippen LogP) is 3.55. The number of nitrogens with zero attached hydrogens (tertiary/aromatic N) is 2. The molecule has 3 rings (SSSR count). The van der Waals surface area contributed by atoms with Crippen molar-refractivity contribution in [3.05, 3.63) is 52.6 Å². The van der Waals surface area contributed by atoms with E-state index in [-0.39, 0.29) is 10.6 Å². The molecule has 0 amide bonds. The fraction of sp³-hybridized carbons (Fsp3) is 0.312. The van der Waals surface area contributed by atoms with Crippen molar-refractivity contribution in [1.29, 1.82) is 0 Å². The van der Waals surface area contributed by atoms with Gasteiger partial charge in [-0.2, -0.15) is 0 Å². The van der Waals surface area contributed by atoms with Crippen LogP contribution in [0.25, 0.3) is 0 Å². The lowest BCUT2D eigenvalue weighted by Crippen LogP contribution is -2.21. The molecular formula is C16H15ClFN3O2. The first-order valence-electron chi connectivity index (χ1n) is 7.27. The zero-order chi connectivity index (χ0) is 16.4. The highest BCUT2D eigenvalue weighted by Crippen LogP contribution is 2.48. The van der Waals surface area contributed by atoms with Gasteiger partial charge in [-0.3, -0.25) is 0 Å². The number of anilines is 1. The van der Waals surface area contributed by atoms with Gasteiger partial charge in [0.25, 0.3) is 0 Å². The first-order chi connectivity index (χ1) is 11.0. The summed E-state index contributed by atoms with van der Waals surface area (Å²) in [6, 6.07) is 4.76. The maximum Gasteiger partial charge on any atom is 0.341 e. The smallest absolute Gasteiger partial charge is 0.341 e. The van der Waals surface area contributed by atoms with E-state index in [2.05, 4.69) is 15.3 Å². The van der Waals surface area contributed by atoms with Gasteiger partial charge < -0.3 is 10.1 Å². The lowest BCUT2D eigenvalue weighted by Gasteiger charge is -2.18. The van der Waals surface area contributed by atoms with Crippen molar-refractivity contribution in [2.75, 3.05) is 11.9 Å². The largest absolute Gasteiger partial charge is 0.462 e. The molecule has 120 valence electrons. The van der Waals surface area contributed by atoms with Gasteiger partial charge in [0.15, 0.2) is 0 Å². The fourth-order valence-electron chi connectivity index (χ4n) is 2.33. The van der Waals surface area contributed by atoms with Crippen LogP contribution in [-0.2, 0) is 10.3 Å². The third-order valence-electron chi connectivity index (χ3n) is 3.74. The number of esters is 1. The number of hydrogen-bond acceptors (Lipinski definition) is 5. The van der Waals surface area contributed by atoms with Crippen molar-refractivity contribution in [2.45, 2.75) is 25.3 Å². The molecule has 1 heterocycles. The second-order valence-electron chi connectivity index (χ2n) is 5.35. The van der Waals surface area contributed by atoms with Crippen molar-refractivity contribution < 1.29 is 13.9 Å². The van der Waals surface area contributed by atoms with Crippen molar-refractivity contribution >= 4 is 23.5 Å². The van der Waals surface area contributed by atoms with Crippen molar-refractivity contribution in [2.24, 2.45) is 0 Å². The Morgan fingerprint density at radius 1 is 1.39 bits per heavy atom. The lowest BCUT2D eigenvalue weighted by atomic mass is 10.1. The van der Waals surface area contributed by atoms with Crippen LogP contribution < -0.4 is 5.32 Å². The van der Waals surface area contributed by atoms with E-state index in [1.165, 1.54) is 18.5 Å². The van der Waals surface area contributed by atoms with Crippen LogP contribution in [0, 0.1) is 5.82 Å². The summed E-state index contributed by atoms with van der Waals surface area (Å²) in [6.07, 6.45) is 4.51. The zero-order valence-electron chi connectivity index (χ0n) is 12.5. The molecule has 0 atom stereocenters. The highest BCUT2D eigenvalue weighted by atomic mass is 35.5. The molecule has 1 aromatic carbocycles. The SMILES string of the molecule is CCOC(=O)c1cnc(NC2(c3ccc(Cl)c(F)c3)CC2)nc1. The monoisotopic (exact) mass is 335 g/mol. The predicted molar refractivity (Wildman–Crippen MR) is 83.9 cm³/mol. The molecule has 5 nitrogen and oxygen atoms in total. The second-order valence-corrected chi connectivity index (χ2v) is 5.76. The Hall–Kier alpha value is -2.21. The van der Waals surface area contributed by atoms with Gasteiger partial charge in [-0.15, -0.1) is 0 Å². The van der Waals surface area contributed by atoms with Crippen molar-refractivity contribution in [3.63, 3.8) is 0 Å². The minimum Gasteiger partial charge on any atom is -0.462 e. The van der Waals surface area contributed by atoms with E-state index in [4.69, 9.17) is 16.3 Å². The molecule has 0 saturated heterocycles. The van der Waals surface area contributed by atoms with E-state index in [9.17, 15) is 9.18 Å². The molecule has 7 heteroatoms. The summed E-state index contributed by atoms with van der Waals surface area (Å²) in [4.78, 5) is 19.8. The Bertz CT molecular complexity index is 733. The molecule has 1 aromatic heterocycles.